The molecule has 1 heterocycles. The fourth-order valence-corrected chi connectivity index (χ4v) is 3.81. The first-order valence-electron chi connectivity index (χ1n) is 10.1. The molecular weight excluding hydrogens is 362 g/mol. The number of aromatic nitrogens is 1. The molecule has 0 radical (unpaired) electrons. The highest BCUT2D eigenvalue weighted by Crippen LogP contribution is 2.38. The molecule has 0 aliphatic heterocycles. The summed E-state index contributed by atoms with van der Waals surface area (Å²) in [5.74, 6) is 1.55. The van der Waals surface area contributed by atoms with Gasteiger partial charge in [0.05, 0.1) is 13.2 Å². The summed E-state index contributed by atoms with van der Waals surface area (Å²) in [5.41, 5.74) is 9.96. The van der Waals surface area contributed by atoms with E-state index in [0.29, 0.717) is 6.54 Å². The third-order valence-corrected chi connectivity index (χ3v) is 5.30. The lowest BCUT2D eigenvalue weighted by molar-refractivity contribution is 0.201. The third kappa shape index (κ3) is 4.62. The maximum absolute atomic E-state index is 6.31. The monoisotopic (exact) mass is 389 g/mol. The van der Waals surface area contributed by atoms with Gasteiger partial charge in [-0.3, -0.25) is 4.98 Å². The van der Waals surface area contributed by atoms with E-state index in [0.717, 1.165) is 47.0 Å². The van der Waals surface area contributed by atoms with Crippen LogP contribution in [-0.2, 0) is 6.54 Å². The Morgan fingerprint density at radius 2 is 1.83 bits per heavy atom. The van der Waals surface area contributed by atoms with Crippen LogP contribution < -0.4 is 20.1 Å². The average Bonchev–Trinajstić information content (AvgIpc) is 3.26. The van der Waals surface area contributed by atoms with Crippen LogP contribution >= 0.6 is 0 Å². The molecule has 0 saturated heterocycles. The summed E-state index contributed by atoms with van der Waals surface area (Å²) in [6, 6.07) is 18.0. The number of nitrogens with two attached hydrogens (primary N) is 1. The number of pyridine rings is 1. The molecule has 4 rings (SSSR count). The Labute approximate surface area is 172 Å². The number of hydrogen-bond acceptors (Lipinski definition) is 5. The minimum atomic E-state index is 0.262. The highest BCUT2D eigenvalue weighted by atomic mass is 16.5. The highest BCUT2D eigenvalue weighted by molar-refractivity contribution is 5.69. The summed E-state index contributed by atoms with van der Waals surface area (Å²) in [5, 5.41) is 0. The Bertz CT molecular complexity index is 940. The van der Waals surface area contributed by atoms with Crippen LogP contribution in [0.2, 0.25) is 0 Å². The molecule has 0 amide bonds. The molecule has 1 fully saturated rings. The number of rotatable bonds is 7. The standard InChI is InChI=1S/C24H27N3O2/c1-28-23-12-11-21(15-24(23)29-22-9-2-3-10-22)27(17-18-6-5-13-26-16-18)20-8-4-7-19(25)14-20/h4-8,11-16,22H,2-3,9-10,17,25H2,1H3. The molecule has 3 aromatic rings. The lowest BCUT2D eigenvalue weighted by Crippen LogP contribution is -2.17. The van der Waals surface area contributed by atoms with Crippen molar-refractivity contribution in [2.24, 2.45) is 0 Å². The van der Waals surface area contributed by atoms with Crippen LogP contribution in [0.5, 0.6) is 11.5 Å². The Morgan fingerprint density at radius 3 is 2.55 bits per heavy atom. The van der Waals surface area contributed by atoms with Gasteiger partial charge >= 0.3 is 0 Å². The van der Waals surface area contributed by atoms with E-state index in [1.165, 1.54) is 12.8 Å². The van der Waals surface area contributed by atoms with Crippen LogP contribution in [0, 0.1) is 0 Å². The predicted octanol–water partition coefficient (Wildman–Crippen LogP) is 5.33. The topological polar surface area (TPSA) is 60.6 Å². The van der Waals surface area contributed by atoms with Gasteiger partial charge in [-0.05, 0) is 67.6 Å². The zero-order chi connectivity index (χ0) is 20.1. The molecule has 1 aliphatic carbocycles. The van der Waals surface area contributed by atoms with E-state index in [1.54, 1.807) is 13.3 Å². The van der Waals surface area contributed by atoms with Gasteiger partial charge in [0.15, 0.2) is 11.5 Å². The maximum Gasteiger partial charge on any atom is 0.163 e. The second-order valence-electron chi connectivity index (χ2n) is 7.40. The van der Waals surface area contributed by atoms with E-state index in [9.17, 15) is 0 Å². The van der Waals surface area contributed by atoms with E-state index in [1.807, 2.05) is 36.5 Å². The molecule has 1 aliphatic rings. The summed E-state index contributed by atoms with van der Waals surface area (Å²) in [6.07, 6.45) is 8.59. The number of nitrogens with zero attached hydrogens (tertiary/aromatic N) is 2. The predicted molar refractivity (Wildman–Crippen MR) is 117 cm³/mol. The van der Waals surface area contributed by atoms with Crippen molar-refractivity contribution in [2.75, 3.05) is 17.7 Å². The van der Waals surface area contributed by atoms with Gasteiger partial charge in [-0.2, -0.15) is 0 Å². The number of methoxy groups -OCH3 is 1. The molecule has 5 nitrogen and oxygen atoms in total. The molecule has 150 valence electrons. The van der Waals surface area contributed by atoms with Crippen molar-refractivity contribution in [3.8, 4) is 11.5 Å². The van der Waals surface area contributed by atoms with E-state index in [-0.39, 0.29) is 6.10 Å². The van der Waals surface area contributed by atoms with Gasteiger partial charge < -0.3 is 20.1 Å². The first-order valence-corrected chi connectivity index (χ1v) is 10.1. The minimum absolute atomic E-state index is 0.262. The van der Waals surface area contributed by atoms with Crippen LogP contribution in [0.25, 0.3) is 0 Å². The number of nitrogen functional groups attached to an aromatic ring is 1. The van der Waals surface area contributed by atoms with Crippen LogP contribution in [0.1, 0.15) is 31.2 Å². The smallest absolute Gasteiger partial charge is 0.163 e. The summed E-state index contributed by atoms with van der Waals surface area (Å²) >= 11 is 0. The molecule has 0 unspecified atom stereocenters. The summed E-state index contributed by atoms with van der Waals surface area (Å²) in [7, 11) is 1.68. The molecule has 2 aromatic carbocycles. The van der Waals surface area contributed by atoms with Gasteiger partial charge in [0.1, 0.15) is 0 Å². The summed E-state index contributed by atoms with van der Waals surface area (Å²) in [6.45, 7) is 0.673. The second kappa shape index (κ2) is 8.86. The summed E-state index contributed by atoms with van der Waals surface area (Å²) < 4.78 is 11.9. The van der Waals surface area contributed by atoms with Crippen molar-refractivity contribution in [1.29, 1.82) is 0 Å². The third-order valence-electron chi connectivity index (χ3n) is 5.30. The summed E-state index contributed by atoms with van der Waals surface area (Å²) in [4.78, 5) is 6.48. The molecule has 0 bridgehead atoms. The van der Waals surface area contributed by atoms with Gasteiger partial charge in [-0.15, -0.1) is 0 Å². The Kier molecular flexibility index (Phi) is 5.84. The number of hydrogen-bond donors (Lipinski definition) is 1. The van der Waals surface area contributed by atoms with Gasteiger partial charge in [0.2, 0.25) is 0 Å². The van der Waals surface area contributed by atoms with Gasteiger partial charge in [-0.1, -0.05) is 12.1 Å². The molecule has 29 heavy (non-hydrogen) atoms. The van der Waals surface area contributed by atoms with E-state index in [2.05, 4.69) is 34.1 Å². The Hall–Kier alpha value is -3.21. The minimum Gasteiger partial charge on any atom is -0.493 e. The molecule has 5 heteroatoms. The molecule has 0 spiro atoms. The first-order chi connectivity index (χ1) is 14.2. The van der Waals surface area contributed by atoms with Gasteiger partial charge in [0.25, 0.3) is 0 Å². The molecule has 1 aromatic heterocycles. The van der Waals surface area contributed by atoms with E-state index < -0.39 is 0 Å². The zero-order valence-electron chi connectivity index (χ0n) is 16.8. The molecule has 1 saturated carbocycles. The largest absolute Gasteiger partial charge is 0.493 e. The lowest BCUT2D eigenvalue weighted by atomic mass is 10.1. The van der Waals surface area contributed by atoms with Crippen LogP contribution in [0.3, 0.4) is 0 Å². The molecular formula is C24H27N3O2. The van der Waals surface area contributed by atoms with E-state index in [4.69, 9.17) is 15.2 Å². The maximum atomic E-state index is 6.31. The first kappa shape index (κ1) is 19.1. The number of anilines is 3. The van der Waals surface area contributed by atoms with E-state index >= 15 is 0 Å². The second-order valence-corrected chi connectivity index (χ2v) is 7.40. The Balaban J connectivity index is 1.71. The SMILES string of the molecule is COc1ccc(N(Cc2cccnc2)c2cccc(N)c2)cc1OC1CCCC1. The fraction of sp³-hybridized carbons (Fsp3) is 0.292. The normalized spacial score (nSPS) is 14.0. The number of benzene rings is 2. The quantitative estimate of drug-likeness (QED) is 0.553. The van der Waals surface area contributed by atoms with Crippen LogP contribution in [0.15, 0.2) is 67.0 Å². The molecule has 0 atom stereocenters. The molecule has 2 N–H and O–H groups in total. The van der Waals surface area contributed by atoms with Crippen molar-refractivity contribution in [1.82, 2.24) is 4.98 Å². The number of ether oxygens (including phenoxy) is 2. The lowest BCUT2D eigenvalue weighted by Gasteiger charge is -2.27. The van der Waals surface area contributed by atoms with Crippen molar-refractivity contribution >= 4 is 17.1 Å². The van der Waals surface area contributed by atoms with Crippen molar-refractivity contribution in [2.45, 2.75) is 38.3 Å². The zero-order valence-corrected chi connectivity index (χ0v) is 16.8. The van der Waals surface area contributed by atoms with Crippen molar-refractivity contribution in [3.05, 3.63) is 72.6 Å². The van der Waals surface area contributed by atoms with Crippen molar-refractivity contribution in [3.63, 3.8) is 0 Å². The highest BCUT2D eigenvalue weighted by Gasteiger charge is 2.20. The van der Waals surface area contributed by atoms with Crippen molar-refractivity contribution < 1.29 is 9.47 Å². The van der Waals surface area contributed by atoms with Crippen LogP contribution in [-0.4, -0.2) is 18.2 Å². The Morgan fingerprint density at radius 1 is 1.00 bits per heavy atom. The van der Waals surface area contributed by atoms with Gasteiger partial charge in [-0.25, -0.2) is 0 Å². The fourth-order valence-electron chi connectivity index (χ4n) is 3.81. The van der Waals surface area contributed by atoms with Crippen LogP contribution in [0.4, 0.5) is 17.1 Å². The average molecular weight is 389 g/mol. The van der Waals surface area contributed by atoms with Gasteiger partial charge in [0, 0.05) is 42.1 Å².